The minimum atomic E-state index is -0.432. The van der Waals surface area contributed by atoms with Gasteiger partial charge in [-0.1, -0.05) is 18.5 Å². The van der Waals surface area contributed by atoms with Crippen LogP contribution in [-0.2, 0) is 0 Å². The van der Waals surface area contributed by atoms with Crippen LogP contribution in [0.1, 0.15) is 35.7 Å². The zero-order chi connectivity index (χ0) is 24.5. The molecule has 1 aliphatic rings. The van der Waals surface area contributed by atoms with E-state index in [-0.39, 0.29) is 23.4 Å². The Morgan fingerprint density at radius 2 is 2.06 bits per heavy atom. The first-order chi connectivity index (χ1) is 16.9. The largest absolute Gasteiger partial charge is 0.424 e. The fraction of sp³-hybridized carbons (Fsp3) is 0.308. The Morgan fingerprint density at radius 1 is 1.26 bits per heavy atom. The lowest BCUT2D eigenvalue weighted by atomic mass is 9.89. The molecule has 1 fully saturated rings. The van der Waals surface area contributed by atoms with Gasteiger partial charge in [0.15, 0.2) is 11.4 Å². The summed E-state index contributed by atoms with van der Waals surface area (Å²) in [4.78, 5) is 28.7. The highest BCUT2D eigenvalue weighted by Gasteiger charge is 2.34. The van der Waals surface area contributed by atoms with Gasteiger partial charge < -0.3 is 14.6 Å². The molecule has 9 heteroatoms. The average Bonchev–Trinajstić information content (AvgIpc) is 3.26. The summed E-state index contributed by atoms with van der Waals surface area (Å²) in [6, 6.07) is 10.2. The lowest BCUT2D eigenvalue weighted by Gasteiger charge is -2.40. The first-order valence-electron chi connectivity index (χ1n) is 11.6. The standard InChI is InChI=1S/C26H25ClFN5O2/c1-15-5-3-10-33(22(15)14-31-26-32-21-7-6-17(27)12-23(21)35-26)25(34)19-13-20(28)16(2)11-18(19)24-29-8-4-9-30-24/h4,6-9,11-13,15,22H,3,5,10,14H2,1-2H3,(H,31,32). The third kappa shape index (κ3) is 4.71. The van der Waals surface area contributed by atoms with Crippen molar-refractivity contribution in [1.82, 2.24) is 19.9 Å². The van der Waals surface area contributed by atoms with Crippen molar-refractivity contribution in [2.24, 2.45) is 5.92 Å². The fourth-order valence-electron chi connectivity index (χ4n) is 4.61. The third-order valence-electron chi connectivity index (χ3n) is 6.53. The van der Waals surface area contributed by atoms with Gasteiger partial charge in [0.1, 0.15) is 11.3 Å². The van der Waals surface area contributed by atoms with Gasteiger partial charge in [0, 0.05) is 42.1 Å². The molecule has 0 saturated carbocycles. The van der Waals surface area contributed by atoms with Gasteiger partial charge in [-0.2, -0.15) is 4.98 Å². The van der Waals surface area contributed by atoms with E-state index in [1.54, 1.807) is 49.6 Å². The molecule has 2 atom stereocenters. The molecule has 1 N–H and O–H groups in total. The number of aryl methyl sites for hydroxylation is 1. The molecule has 0 radical (unpaired) electrons. The molecule has 0 aliphatic carbocycles. The lowest BCUT2D eigenvalue weighted by Crippen LogP contribution is -2.51. The van der Waals surface area contributed by atoms with Crippen LogP contribution in [0.2, 0.25) is 5.02 Å². The summed E-state index contributed by atoms with van der Waals surface area (Å²) in [5.41, 5.74) is 2.51. The number of likely N-dealkylation sites (tertiary alicyclic amines) is 1. The molecule has 7 nitrogen and oxygen atoms in total. The first kappa shape index (κ1) is 23.2. The molecule has 0 bridgehead atoms. The van der Waals surface area contributed by atoms with Crippen molar-refractivity contribution in [3.63, 3.8) is 0 Å². The van der Waals surface area contributed by atoms with Crippen LogP contribution in [0.4, 0.5) is 10.4 Å². The number of hydrogen-bond acceptors (Lipinski definition) is 6. The van der Waals surface area contributed by atoms with Crippen molar-refractivity contribution in [2.75, 3.05) is 18.4 Å². The number of amides is 1. The number of carbonyl (C=O) groups excluding carboxylic acids is 1. The first-order valence-corrected chi connectivity index (χ1v) is 12.0. The summed E-state index contributed by atoms with van der Waals surface area (Å²) in [5, 5.41) is 3.81. The Balaban J connectivity index is 1.43. The molecule has 2 aromatic heterocycles. The van der Waals surface area contributed by atoms with Gasteiger partial charge in [0.2, 0.25) is 0 Å². The summed E-state index contributed by atoms with van der Waals surface area (Å²) >= 11 is 6.05. The molecule has 180 valence electrons. The van der Waals surface area contributed by atoms with Gasteiger partial charge in [0.05, 0.1) is 11.6 Å². The number of benzene rings is 2. The number of carbonyl (C=O) groups is 1. The summed E-state index contributed by atoms with van der Waals surface area (Å²) < 4.78 is 20.4. The molecule has 3 heterocycles. The molecule has 4 aromatic rings. The Labute approximate surface area is 207 Å². The molecule has 0 spiro atoms. The topological polar surface area (TPSA) is 84.2 Å². The van der Waals surface area contributed by atoms with Crippen molar-refractivity contribution in [3.8, 4) is 11.4 Å². The molecule has 1 amide bonds. The molecular weight excluding hydrogens is 469 g/mol. The number of fused-ring (bicyclic) bond motifs is 1. The number of aromatic nitrogens is 3. The van der Waals surface area contributed by atoms with Crippen molar-refractivity contribution < 1.29 is 13.6 Å². The van der Waals surface area contributed by atoms with Gasteiger partial charge in [-0.25, -0.2) is 14.4 Å². The number of piperidine rings is 1. The van der Waals surface area contributed by atoms with E-state index in [1.165, 1.54) is 6.07 Å². The number of halogens is 2. The predicted molar refractivity (Wildman–Crippen MR) is 133 cm³/mol. The Hall–Kier alpha value is -3.52. The van der Waals surface area contributed by atoms with Gasteiger partial charge >= 0.3 is 0 Å². The van der Waals surface area contributed by atoms with E-state index in [9.17, 15) is 9.18 Å². The minimum absolute atomic E-state index is 0.135. The zero-order valence-corrected chi connectivity index (χ0v) is 20.2. The normalized spacial score (nSPS) is 18.1. The van der Waals surface area contributed by atoms with Crippen LogP contribution in [0.5, 0.6) is 0 Å². The summed E-state index contributed by atoms with van der Waals surface area (Å²) in [6.07, 6.45) is 5.07. The Kier molecular flexibility index (Phi) is 6.38. The van der Waals surface area contributed by atoms with Crippen LogP contribution < -0.4 is 5.32 Å². The Bertz CT molecular complexity index is 1380. The van der Waals surface area contributed by atoms with Crippen LogP contribution in [0.3, 0.4) is 0 Å². The quantitative estimate of drug-likeness (QED) is 0.381. The van der Waals surface area contributed by atoms with Crippen molar-refractivity contribution in [1.29, 1.82) is 0 Å². The second-order valence-corrected chi connectivity index (χ2v) is 9.35. The smallest absolute Gasteiger partial charge is 0.295 e. The summed E-state index contributed by atoms with van der Waals surface area (Å²) in [5.74, 6) is -0.0542. The monoisotopic (exact) mass is 493 g/mol. The fourth-order valence-corrected chi connectivity index (χ4v) is 4.78. The SMILES string of the molecule is Cc1cc(-c2ncccn2)c(C(=O)N2CCCC(C)C2CNc2nc3ccc(Cl)cc3o2)cc1F. The maximum absolute atomic E-state index is 14.6. The van der Waals surface area contributed by atoms with E-state index >= 15 is 0 Å². The van der Waals surface area contributed by atoms with Crippen LogP contribution in [0.15, 0.2) is 53.2 Å². The van der Waals surface area contributed by atoms with Crippen LogP contribution >= 0.6 is 11.6 Å². The van der Waals surface area contributed by atoms with Crippen LogP contribution in [0.25, 0.3) is 22.5 Å². The second kappa shape index (κ2) is 9.62. The number of anilines is 1. The van der Waals surface area contributed by atoms with Crippen molar-refractivity contribution in [2.45, 2.75) is 32.7 Å². The van der Waals surface area contributed by atoms with Gasteiger partial charge in [-0.3, -0.25) is 4.79 Å². The minimum Gasteiger partial charge on any atom is -0.424 e. The highest BCUT2D eigenvalue weighted by molar-refractivity contribution is 6.31. The van der Waals surface area contributed by atoms with Gasteiger partial charge in [-0.05, 0) is 61.6 Å². The number of oxazole rings is 1. The highest BCUT2D eigenvalue weighted by atomic mass is 35.5. The number of nitrogens with zero attached hydrogens (tertiary/aromatic N) is 4. The second-order valence-electron chi connectivity index (χ2n) is 8.92. The van der Waals surface area contributed by atoms with Crippen molar-refractivity contribution in [3.05, 3.63) is 70.8 Å². The molecule has 35 heavy (non-hydrogen) atoms. The Morgan fingerprint density at radius 3 is 2.86 bits per heavy atom. The van der Waals surface area contributed by atoms with E-state index in [2.05, 4.69) is 27.2 Å². The zero-order valence-electron chi connectivity index (χ0n) is 19.5. The van der Waals surface area contributed by atoms with E-state index in [0.29, 0.717) is 52.2 Å². The van der Waals surface area contributed by atoms with Crippen LogP contribution in [-0.4, -0.2) is 44.9 Å². The molecular formula is C26H25ClFN5O2. The van der Waals surface area contributed by atoms with E-state index in [0.717, 1.165) is 12.8 Å². The van der Waals surface area contributed by atoms with Crippen LogP contribution in [0, 0.1) is 18.7 Å². The number of rotatable bonds is 5. The summed E-state index contributed by atoms with van der Waals surface area (Å²) in [6.45, 7) is 4.80. The van der Waals surface area contributed by atoms with E-state index in [4.69, 9.17) is 16.0 Å². The maximum Gasteiger partial charge on any atom is 0.295 e. The lowest BCUT2D eigenvalue weighted by molar-refractivity contribution is 0.0539. The van der Waals surface area contributed by atoms with Crippen molar-refractivity contribution >= 4 is 34.6 Å². The third-order valence-corrected chi connectivity index (χ3v) is 6.76. The predicted octanol–water partition coefficient (Wildman–Crippen LogP) is 5.74. The number of hydrogen-bond donors (Lipinski definition) is 1. The molecule has 1 saturated heterocycles. The van der Waals surface area contributed by atoms with E-state index < -0.39 is 5.82 Å². The summed E-state index contributed by atoms with van der Waals surface area (Å²) in [7, 11) is 0. The maximum atomic E-state index is 14.6. The average molecular weight is 494 g/mol. The van der Waals surface area contributed by atoms with Gasteiger partial charge in [0.25, 0.3) is 11.9 Å². The number of nitrogens with one attached hydrogen (secondary N) is 1. The molecule has 2 unspecified atom stereocenters. The van der Waals surface area contributed by atoms with E-state index in [1.807, 2.05) is 4.90 Å². The molecule has 5 rings (SSSR count). The molecule has 2 aromatic carbocycles. The highest BCUT2D eigenvalue weighted by Crippen LogP contribution is 2.30. The molecule has 1 aliphatic heterocycles. The van der Waals surface area contributed by atoms with Gasteiger partial charge in [-0.15, -0.1) is 0 Å².